The third-order valence-corrected chi connectivity index (χ3v) is 3.71. The standard InChI is InChI=1S/C19H29NO4/c1-6-16-8-7-9-17(10-16)24-13-18(21)20(11-14(2)3)12-15(4)19(22)23-5/h7-10,14-15H,6,11-13H2,1-5H3. The smallest absolute Gasteiger partial charge is 0.310 e. The van der Waals surface area contributed by atoms with E-state index in [2.05, 4.69) is 6.92 Å². The normalized spacial score (nSPS) is 11.9. The van der Waals surface area contributed by atoms with Crippen molar-refractivity contribution < 1.29 is 19.1 Å². The number of rotatable bonds is 9. The van der Waals surface area contributed by atoms with Gasteiger partial charge in [-0.15, -0.1) is 0 Å². The Hall–Kier alpha value is -2.04. The first kappa shape index (κ1) is 20.0. The number of benzene rings is 1. The molecule has 24 heavy (non-hydrogen) atoms. The van der Waals surface area contributed by atoms with Crippen molar-refractivity contribution in [2.24, 2.45) is 11.8 Å². The van der Waals surface area contributed by atoms with Crippen molar-refractivity contribution >= 4 is 11.9 Å². The molecule has 1 aromatic rings. The molecule has 5 heteroatoms. The van der Waals surface area contributed by atoms with Crippen molar-refractivity contribution in [2.75, 3.05) is 26.8 Å². The summed E-state index contributed by atoms with van der Waals surface area (Å²) in [6.45, 7) is 8.79. The molecule has 0 heterocycles. The van der Waals surface area contributed by atoms with E-state index >= 15 is 0 Å². The predicted molar refractivity (Wildman–Crippen MR) is 93.9 cm³/mol. The Morgan fingerprint density at radius 1 is 1.17 bits per heavy atom. The van der Waals surface area contributed by atoms with Crippen LogP contribution in [-0.4, -0.2) is 43.6 Å². The van der Waals surface area contributed by atoms with E-state index in [-0.39, 0.29) is 24.4 Å². The summed E-state index contributed by atoms with van der Waals surface area (Å²) in [6, 6.07) is 7.73. The van der Waals surface area contributed by atoms with Crippen LogP contribution in [0.2, 0.25) is 0 Å². The van der Waals surface area contributed by atoms with Gasteiger partial charge in [0.05, 0.1) is 13.0 Å². The number of amides is 1. The molecule has 0 fully saturated rings. The number of nitrogens with zero attached hydrogens (tertiary/aromatic N) is 1. The van der Waals surface area contributed by atoms with Gasteiger partial charge in [0.25, 0.3) is 5.91 Å². The van der Waals surface area contributed by atoms with Gasteiger partial charge in [0.2, 0.25) is 0 Å². The first-order valence-electron chi connectivity index (χ1n) is 8.44. The van der Waals surface area contributed by atoms with Gasteiger partial charge in [0, 0.05) is 13.1 Å². The van der Waals surface area contributed by atoms with E-state index in [0.29, 0.717) is 24.8 Å². The molecule has 0 saturated heterocycles. The van der Waals surface area contributed by atoms with Crippen LogP contribution < -0.4 is 4.74 Å². The molecule has 1 unspecified atom stereocenters. The Bertz CT molecular complexity index is 542. The van der Waals surface area contributed by atoms with Crippen LogP contribution in [0.25, 0.3) is 0 Å². The lowest BCUT2D eigenvalue weighted by atomic mass is 10.1. The molecule has 0 saturated carbocycles. The van der Waals surface area contributed by atoms with E-state index in [1.807, 2.05) is 38.1 Å². The molecule has 0 aliphatic carbocycles. The van der Waals surface area contributed by atoms with E-state index in [4.69, 9.17) is 9.47 Å². The summed E-state index contributed by atoms with van der Waals surface area (Å²) >= 11 is 0. The molecule has 0 spiro atoms. The second-order valence-electron chi connectivity index (χ2n) is 6.41. The van der Waals surface area contributed by atoms with Crippen molar-refractivity contribution in [3.63, 3.8) is 0 Å². The number of aryl methyl sites for hydroxylation is 1. The SMILES string of the molecule is CCc1cccc(OCC(=O)N(CC(C)C)CC(C)C(=O)OC)c1. The van der Waals surface area contributed by atoms with Gasteiger partial charge in [-0.1, -0.05) is 39.8 Å². The summed E-state index contributed by atoms with van der Waals surface area (Å²) in [7, 11) is 1.36. The van der Waals surface area contributed by atoms with Crippen LogP contribution in [0, 0.1) is 11.8 Å². The second kappa shape index (κ2) is 9.96. The van der Waals surface area contributed by atoms with E-state index in [9.17, 15) is 9.59 Å². The fourth-order valence-electron chi connectivity index (χ4n) is 2.42. The molecule has 0 aliphatic rings. The van der Waals surface area contributed by atoms with Gasteiger partial charge in [0.15, 0.2) is 6.61 Å². The average Bonchev–Trinajstić information content (AvgIpc) is 2.57. The molecular formula is C19H29NO4. The molecule has 0 N–H and O–H groups in total. The molecule has 1 aromatic carbocycles. The van der Waals surface area contributed by atoms with Gasteiger partial charge in [-0.3, -0.25) is 9.59 Å². The second-order valence-corrected chi connectivity index (χ2v) is 6.41. The van der Waals surface area contributed by atoms with Crippen molar-refractivity contribution in [3.05, 3.63) is 29.8 Å². The maximum atomic E-state index is 12.5. The molecule has 0 aromatic heterocycles. The van der Waals surface area contributed by atoms with Crippen LogP contribution in [0.3, 0.4) is 0 Å². The average molecular weight is 335 g/mol. The number of hydrogen-bond donors (Lipinski definition) is 0. The number of ether oxygens (including phenoxy) is 2. The number of hydrogen-bond acceptors (Lipinski definition) is 4. The molecular weight excluding hydrogens is 306 g/mol. The lowest BCUT2D eigenvalue weighted by molar-refractivity contribution is -0.146. The lowest BCUT2D eigenvalue weighted by Gasteiger charge is -2.26. The monoisotopic (exact) mass is 335 g/mol. The van der Waals surface area contributed by atoms with Gasteiger partial charge in [-0.05, 0) is 30.0 Å². The molecule has 0 bridgehead atoms. The maximum Gasteiger partial charge on any atom is 0.310 e. The maximum absolute atomic E-state index is 12.5. The molecule has 0 aliphatic heterocycles. The Kier molecular flexibility index (Phi) is 8.30. The number of methoxy groups -OCH3 is 1. The van der Waals surface area contributed by atoms with E-state index in [1.54, 1.807) is 11.8 Å². The van der Waals surface area contributed by atoms with Gasteiger partial charge in [0.1, 0.15) is 5.75 Å². The highest BCUT2D eigenvalue weighted by Gasteiger charge is 2.22. The third kappa shape index (κ3) is 6.60. The summed E-state index contributed by atoms with van der Waals surface area (Å²) in [4.78, 5) is 25.8. The van der Waals surface area contributed by atoms with Gasteiger partial charge in [-0.25, -0.2) is 0 Å². The largest absolute Gasteiger partial charge is 0.484 e. The van der Waals surface area contributed by atoms with Gasteiger partial charge >= 0.3 is 5.97 Å². The third-order valence-electron chi connectivity index (χ3n) is 3.71. The molecule has 134 valence electrons. The Morgan fingerprint density at radius 3 is 2.46 bits per heavy atom. The van der Waals surface area contributed by atoms with Crippen molar-refractivity contribution in [3.8, 4) is 5.75 Å². The van der Waals surface area contributed by atoms with E-state index < -0.39 is 0 Å². The zero-order chi connectivity index (χ0) is 18.1. The highest BCUT2D eigenvalue weighted by Crippen LogP contribution is 2.14. The Labute approximate surface area is 144 Å². The summed E-state index contributed by atoms with van der Waals surface area (Å²) in [5.74, 6) is 0.200. The summed E-state index contributed by atoms with van der Waals surface area (Å²) in [5.41, 5.74) is 1.17. The van der Waals surface area contributed by atoms with Crippen LogP contribution in [0.15, 0.2) is 24.3 Å². The molecule has 1 amide bonds. The van der Waals surface area contributed by atoms with Crippen LogP contribution in [0.4, 0.5) is 0 Å². The van der Waals surface area contributed by atoms with Gasteiger partial charge < -0.3 is 14.4 Å². The van der Waals surface area contributed by atoms with Gasteiger partial charge in [-0.2, -0.15) is 0 Å². The van der Waals surface area contributed by atoms with Crippen LogP contribution in [0.5, 0.6) is 5.75 Å². The first-order valence-corrected chi connectivity index (χ1v) is 8.44. The van der Waals surface area contributed by atoms with Crippen molar-refractivity contribution in [1.82, 2.24) is 4.90 Å². The lowest BCUT2D eigenvalue weighted by Crippen LogP contribution is -2.41. The van der Waals surface area contributed by atoms with Crippen LogP contribution >= 0.6 is 0 Å². The first-order chi connectivity index (χ1) is 11.4. The zero-order valence-corrected chi connectivity index (χ0v) is 15.4. The molecule has 5 nitrogen and oxygen atoms in total. The van der Waals surface area contributed by atoms with E-state index in [0.717, 1.165) is 6.42 Å². The van der Waals surface area contributed by atoms with Crippen LogP contribution in [-0.2, 0) is 20.7 Å². The minimum absolute atomic E-state index is 0.0339. The quantitative estimate of drug-likeness (QED) is 0.651. The minimum Gasteiger partial charge on any atom is -0.484 e. The highest BCUT2D eigenvalue weighted by molar-refractivity contribution is 5.79. The van der Waals surface area contributed by atoms with Crippen molar-refractivity contribution in [1.29, 1.82) is 0 Å². The number of esters is 1. The molecule has 0 radical (unpaired) electrons. The Balaban J connectivity index is 2.67. The Morgan fingerprint density at radius 2 is 1.88 bits per heavy atom. The summed E-state index contributed by atoms with van der Waals surface area (Å²) < 4.78 is 10.4. The van der Waals surface area contributed by atoms with E-state index in [1.165, 1.54) is 12.7 Å². The fraction of sp³-hybridized carbons (Fsp3) is 0.579. The summed E-state index contributed by atoms with van der Waals surface area (Å²) in [5, 5.41) is 0. The van der Waals surface area contributed by atoms with Crippen molar-refractivity contribution in [2.45, 2.75) is 34.1 Å². The predicted octanol–water partition coefficient (Wildman–Crippen LogP) is 2.92. The number of carbonyl (C=O) groups excluding carboxylic acids is 2. The number of carbonyl (C=O) groups is 2. The highest BCUT2D eigenvalue weighted by atomic mass is 16.5. The summed E-state index contributed by atoms with van der Waals surface area (Å²) in [6.07, 6.45) is 0.918. The molecule has 1 rings (SSSR count). The zero-order valence-electron chi connectivity index (χ0n) is 15.4. The van der Waals surface area contributed by atoms with Crippen LogP contribution in [0.1, 0.15) is 33.3 Å². The fourth-order valence-corrected chi connectivity index (χ4v) is 2.42. The minimum atomic E-state index is -0.360. The topological polar surface area (TPSA) is 55.8 Å². The molecule has 1 atom stereocenters.